The van der Waals surface area contributed by atoms with E-state index in [1.165, 1.54) is 31.2 Å². The van der Waals surface area contributed by atoms with E-state index in [0.29, 0.717) is 19.4 Å². The Hall–Kier alpha value is -1.26. The van der Waals surface area contributed by atoms with E-state index in [-0.39, 0.29) is 6.04 Å². The minimum Gasteiger partial charge on any atom is -0.454 e. The highest BCUT2D eigenvalue weighted by Gasteiger charge is 2.30. The molecule has 0 saturated heterocycles. The van der Waals surface area contributed by atoms with Gasteiger partial charge >= 0.3 is 0 Å². The van der Waals surface area contributed by atoms with Crippen molar-refractivity contribution in [3.8, 4) is 11.5 Å². The lowest BCUT2D eigenvalue weighted by Crippen LogP contribution is -2.43. The second kappa shape index (κ2) is 6.24. The molecule has 0 amide bonds. The van der Waals surface area contributed by atoms with Gasteiger partial charge in [-0.05, 0) is 43.5 Å². The van der Waals surface area contributed by atoms with E-state index in [0.717, 1.165) is 17.4 Å². The van der Waals surface area contributed by atoms with Crippen molar-refractivity contribution in [2.75, 3.05) is 20.4 Å². The van der Waals surface area contributed by atoms with Crippen LogP contribution in [0, 0.1) is 5.92 Å². The number of benzene rings is 1. The molecule has 4 heteroatoms. The van der Waals surface area contributed by atoms with Crippen molar-refractivity contribution in [2.45, 2.75) is 44.7 Å². The quantitative estimate of drug-likeness (QED) is 0.926. The SMILES string of the molecule is CC1CCCCC1N(C)C(CN)c1ccc2c(c1)OCO2. The Kier molecular flexibility index (Phi) is 4.36. The van der Waals surface area contributed by atoms with E-state index in [1.807, 2.05) is 6.07 Å². The number of nitrogens with two attached hydrogens (primary N) is 1. The molecule has 1 fully saturated rings. The summed E-state index contributed by atoms with van der Waals surface area (Å²) in [4.78, 5) is 2.47. The first-order chi connectivity index (χ1) is 10.2. The van der Waals surface area contributed by atoms with Crippen molar-refractivity contribution < 1.29 is 9.47 Å². The fourth-order valence-electron chi connectivity index (χ4n) is 3.79. The molecule has 1 aliphatic carbocycles. The first kappa shape index (κ1) is 14.7. The van der Waals surface area contributed by atoms with Crippen LogP contribution in [0.3, 0.4) is 0 Å². The minimum absolute atomic E-state index is 0.241. The monoisotopic (exact) mass is 290 g/mol. The molecule has 116 valence electrons. The van der Waals surface area contributed by atoms with Gasteiger partial charge in [0.05, 0.1) is 0 Å². The van der Waals surface area contributed by atoms with Gasteiger partial charge in [-0.2, -0.15) is 0 Å². The number of ether oxygens (including phenoxy) is 2. The number of nitrogens with zero attached hydrogens (tertiary/aromatic N) is 1. The second-order valence-corrected chi connectivity index (χ2v) is 6.36. The van der Waals surface area contributed by atoms with Gasteiger partial charge in [0.15, 0.2) is 11.5 Å². The summed E-state index contributed by atoms with van der Waals surface area (Å²) in [5.41, 5.74) is 7.31. The van der Waals surface area contributed by atoms with Crippen LogP contribution in [-0.2, 0) is 0 Å². The van der Waals surface area contributed by atoms with Crippen LogP contribution in [0.25, 0.3) is 0 Å². The molecular weight excluding hydrogens is 264 g/mol. The molecule has 2 aliphatic rings. The Morgan fingerprint density at radius 1 is 1.24 bits per heavy atom. The lowest BCUT2D eigenvalue weighted by atomic mass is 9.84. The topological polar surface area (TPSA) is 47.7 Å². The van der Waals surface area contributed by atoms with Crippen LogP contribution < -0.4 is 15.2 Å². The predicted octanol–water partition coefficient (Wildman–Crippen LogP) is 2.93. The summed E-state index contributed by atoms with van der Waals surface area (Å²) < 4.78 is 10.9. The Morgan fingerprint density at radius 3 is 2.76 bits per heavy atom. The number of hydrogen-bond donors (Lipinski definition) is 1. The molecule has 1 aromatic carbocycles. The Bertz CT molecular complexity index is 492. The van der Waals surface area contributed by atoms with Crippen molar-refractivity contribution in [3.63, 3.8) is 0 Å². The average Bonchev–Trinajstić information content (AvgIpc) is 2.96. The van der Waals surface area contributed by atoms with Gasteiger partial charge in [-0.25, -0.2) is 0 Å². The molecule has 1 heterocycles. The van der Waals surface area contributed by atoms with Crippen molar-refractivity contribution in [3.05, 3.63) is 23.8 Å². The molecule has 0 spiro atoms. The first-order valence-corrected chi connectivity index (χ1v) is 8.02. The molecule has 1 saturated carbocycles. The first-order valence-electron chi connectivity index (χ1n) is 8.02. The van der Waals surface area contributed by atoms with Crippen LogP contribution in [-0.4, -0.2) is 31.3 Å². The van der Waals surface area contributed by atoms with Gasteiger partial charge in [0.2, 0.25) is 6.79 Å². The summed E-state index contributed by atoms with van der Waals surface area (Å²) in [7, 11) is 2.22. The van der Waals surface area contributed by atoms with Gasteiger partial charge in [0.1, 0.15) is 0 Å². The van der Waals surface area contributed by atoms with Crippen molar-refractivity contribution in [2.24, 2.45) is 11.7 Å². The van der Waals surface area contributed by atoms with Crippen LogP contribution >= 0.6 is 0 Å². The summed E-state index contributed by atoms with van der Waals surface area (Å²) in [6, 6.07) is 7.07. The summed E-state index contributed by atoms with van der Waals surface area (Å²) >= 11 is 0. The number of likely N-dealkylation sites (N-methyl/N-ethyl adjacent to an activating group) is 1. The molecule has 1 aliphatic heterocycles. The Labute approximate surface area is 127 Å². The summed E-state index contributed by atoms with van der Waals surface area (Å²) in [6.07, 6.45) is 5.30. The zero-order valence-electron chi connectivity index (χ0n) is 13.0. The summed E-state index contributed by atoms with van der Waals surface area (Å²) in [6.45, 7) is 3.31. The predicted molar refractivity (Wildman–Crippen MR) is 83.5 cm³/mol. The highest BCUT2D eigenvalue weighted by molar-refractivity contribution is 5.45. The molecule has 3 atom stereocenters. The normalized spacial score (nSPS) is 26.1. The van der Waals surface area contributed by atoms with Crippen LogP contribution in [0.1, 0.15) is 44.2 Å². The molecule has 3 rings (SSSR count). The zero-order chi connectivity index (χ0) is 14.8. The van der Waals surface area contributed by atoms with Gasteiger partial charge in [0.25, 0.3) is 0 Å². The lowest BCUT2D eigenvalue weighted by molar-refractivity contribution is 0.0991. The van der Waals surface area contributed by atoms with Crippen LogP contribution in [0.15, 0.2) is 18.2 Å². The van der Waals surface area contributed by atoms with Crippen LogP contribution in [0.5, 0.6) is 11.5 Å². The zero-order valence-corrected chi connectivity index (χ0v) is 13.0. The van der Waals surface area contributed by atoms with E-state index >= 15 is 0 Å². The largest absolute Gasteiger partial charge is 0.454 e. The highest BCUT2D eigenvalue weighted by atomic mass is 16.7. The van der Waals surface area contributed by atoms with Gasteiger partial charge < -0.3 is 15.2 Å². The van der Waals surface area contributed by atoms with Gasteiger partial charge in [-0.15, -0.1) is 0 Å². The second-order valence-electron chi connectivity index (χ2n) is 6.36. The van der Waals surface area contributed by atoms with E-state index in [4.69, 9.17) is 15.2 Å². The van der Waals surface area contributed by atoms with Gasteiger partial charge in [0, 0.05) is 18.6 Å². The van der Waals surface area contributed by atoms with Gasteiger partial charge in [-0.3, -0.25) is 4.90 Å². The number of hydrogen-bond acceptors (Lipinski definition) is 4. The van der Waals surface area contributed by atoms with Crippen molar-refractivity contribution in [1.82, 2.24) is 4.90 Å². The molecule has 2 N–H and O–H groups in total. The van der Waals surface area contributed by atoms with E-state index in [9.17, 15) is 0 Å². The molecule has 0 radical (unpaired) electrons. The molecule has 0 aromatic heterocycles. The van der Waals surface area contributed by atoms with Crippen LogP contribution in [0.4, 0.5) is 0 Å². The third-order valence-electron chi connectivity index (χ3n) is 5.09. The smallest absolute Gasteiger partial charge is 0.231 e. The van der Waals surface area contributed by atoms with Gasteiger partial charge in [-0.1, -0.05) is 25.8 Å². The molecule has 0 bridgehead atoms. The maximum Gasteiger partial charge on any atom is 0.231 e. The van der Waals surface area contributed by atoms with E-state index in [1.54, 1.807) is 0 Å². The Balaban J connectivity index is 1.80. The van der Waals surface area contributed by atoms with E-state index in [2.05, 4.69) is 31.0 Å². The third kappa shape index (κ3) is 2.87. The Morgan fingerprint density at radius 2 is 2.00 bits per heavy atom. The lowest BCUT2D eigenvalue weighted by Gasteiger charge is -2.40. The number of fused-ring (bicyclic) bond motifs is 1. The fraction of sp³-hybridized carbons (Fsp3) is 0.647. The minimum atomic E-state index is 0.241. The van der Waals surface area contributed by atoms with Crippen molar-refractivity contribution in [1.29, 1.82) is 0 Å². The van der Waals surface area contributed by atoms with Crippen LogP contribution in [0.2, 0.25) is 0 Å². The molecular formula is C17H26N2O2. The summed E-state index contributed by atoms with van der Waals surface area (Å²) in [5, 5.41) is 0. The molecule has 4 nitrogen and oxygen atoms in total. The summed E-state index contributed by atoms with van der Waals surface area (Å²) in [5.74, 6) is 2.42. The number of rotatable bonds is 4. The average molecular weight is 290 g/mol. The molecule has 21 heavy (non-hydrogen) atoms. The standard InChI is InChI=1S/C17H26N2O2/c1-12-5-3-4-6-14(12)19(2)15(10-18)13-7-8-16-17(9-13)21-11-20-16/h7-9,12,14-15H,3-6,10-11,18H2,1-2H3. The molecule has 1 aromatic rings. The van der Waals surface area contributed by atoms with E-state index < -0.39 is 0 Å². The maximum absolute atomic E-state index is 6.09. The van der Waals surface area contributed by atoms with Crippen molar-refractivity contribution >= 4 is 0 Å². The maximum atomic E-state index is 6.09. The fourth-order valence-corrected chi connectivity index (χ4v) is 3.79. The highest BCUT2D eigenvalue weighted by Crippen LogP contribution is 2.37. The third-order valence-corrected chi connectivity index (χ3v) is 5.09. The molecule has 3 unspecified atom stereocenters.